The Balaban J connectivity index is 1.73. The quantitative estimate of drug-likeness (QED) is 0.529. The van der Waals surface area contributed by atoms with Gasteiger partial charge in [0.15, 0.2) is 0 Å². The zero-order valence-electron chi connectivity index (χ0n) is 18.8. The van der Waals surface area contributed by atoms with Gasteiger partial charge in [-0.2, -0.15) is 13.2 Å². The Bertz CT molecular complexity index is 749. The molecule has 2 amide bonds. The lowest BCUT2D eigenvalue weighted by atomic mass is 9.92. The summed E-state index contributed by atoms with van der Waals surface area (Å²) in [6.07, 6.45) is 0.747. The molecule has 1 aromatic rings. The molecule has 6 nitrogen and oxygen atoms in total. The number of amides is 2. The number of aliphatic hydroxyl groups is 1. The van der Waals surface area contributed by atoms with Gasteiger partial charge in [0.05, 0.1) is 18.2 Å². The summed E-state index contributed by atoms with van der Waals surface area (Å²) in [5, 5.41) is 12.0. The van der Waals surface area contributed by atoms with Crippen LogP contribution in [0.1, 0.15) is 61.4 Å². The van der Waals surface area contributed by atoms with Crippen LogP contribution in [0.25, 0.3) is 0 Å². The molecule has 0 unspecified atom stereocenters. The predicted molar refractivity (Wildman–Crippen MR) is 116 cm³/mol. The second-order valence-corrected chi connectivity index (χ2v) is 8.38. The van der Waals surface area contributed by atoms with E-state index in [1.165, 1.54) is 12.1 Å². The van der Waals surface area contributed by atoms with E-state index in [0.717, 1.165) is 57.2 Å². The van der Waals surface area contributed by atoms with E-state index in [9.17, 15) is 27.9 Å². The number of unbranched alkanes of at least 4 members (excludes halogenated alkanes) is 1. The maximum absolute atomic E-state index is 12.8. The Labute approximate surface area is 187 Å². The summed E-state index contributed by atoms with van der Waals surface area (Å²) in [5.41, 5.74) is -1.03. The number of carbonyl (C=O) groups excluding carboxylic acids is 2. The van der Waals surface area contributed by atoms with Crippen molar-refractivity contribution in [1.82, 2.24) is 15.1 Å². The summed E-state index contributed by atoms with van der Waals surface area (Å²) < 4.78 is 38.4. The predicted octanol–water partition coefficient (Wildman–Crippen LogP) is 3.30. The Hall–Kier alpha value is -2.13. The number of rotatable bonds is 10. The highest BCUT2D eigenvalue weighted by Gasteiger charge is 2.31. The van der Waals surface area contributed by atoms with E-state index in [1.807, 2.05) is 6.92 Å². The minimum atomic E-state index is -4.53. The monoisotopic (exact) mass is 457 g/mol. The van der Waals surface area contributed by atoms with Crippen molar-refractivity contribution in [2.45, 2.75) is 63.8 Å². The highest BCUT2D eigenvalue weighted by atomic mass is 19.4. The van der Waals surface area contributed by atoms with Crippen LogP contribution in [0.5, 0.6) is 0 Å². The van der Waals surface area contributed by atoms with Crippen molar-refractivity contribution < 1.29 is 27.9 Å². The second kappa shape index (κ2) is 12.2. The van der Waals surface area contributed by atoms with E-state index >= 15 is 0 Å². The molecular weight excluding hydrogens is 423 g/mol. The summed E-state index contributed by atoms with van der Waals surface area (Å²) in [6.45, 7) is 3.57. The number of hydrogen-bond acceptors (Lipinski definition) is 4. The van der Waals surface area contributed by atoms with Gasteiger partial charge in [-0.15, -0.1) is 0 Å². The van der Waals surface area contributed by atoms with Crippen LogP contribution in [0.4, 0.5) is 13.2 Å². The van der Waals surface area contributed by atoms with Crippen molar-refractivity contribution in [2.75, 3.05) is 33.2 Å². The smallest absolute Gasteiger partial charge is 0.393 e. The number of alkyl halides is 3. The Morgan fingerprint density at radius 1 is 1.12 bits per heavy atom. The lowest BCUT2D eigenvalue weighted by molar-refractivity contribution is -0.137. The fourth-order valence-corrected chi connectivity index (χ4v) is 4.01. The van der Waals surface area contributed by atoms with Gasteiger partial charge in [-0.25, -0.2) is 0 Å². The number of likely N-dealkylation sites (N-methyl/N-ethyl adjacent to an activating group) is 1. The third-order valence-corrected chi connectivity index (χ3v) is 6.07. The number of hydrogen-bond donors (Lipinski definition) is 2. The molecule has 1 aromatic carbocycles. The van der Waals surface area contributed by atoms with E-state index in [-0.39, 0.29) is 24.1 Å². The number of benzene rings is 1. The van der Waals surface area contributed by atoms with Gasteiger partial charge in [0.1, 0.15) is 0 Å². The Kier molecular flexibility index (Phi) is 9.96. The third-order valence-electron chi connectivity index (χ3n) is 6.07. The first-order chi connectivity index (χ1) is 15.1. The first kappa shape index (κ1) is 26.1. The van der Waals surface area contributed by atoms with E-state index in [0.29, 0.717) is 19.1 Å². The van der Waals surface area contributed by atoms with Gasteiger partial charge in [-0.3, -0.25) is 9.59 Å². The van der Waals surface area contributed by atoms with Crippen molar-refractivity contribution in [3.05, 3.63) is 35.4 Å². The van der Waals surface area contributed by atoms with Gasteiger partial charge in [0, 0.05) is 24.7 Å². The molecule has 0 aliphatic heterocycles. The number of halogens is 3. The van der Waals surface area contributed by atoms with E-state index in [4.69, 9.17) is 0 Å². The lowest BCUT2D eigenvalue weighted by Gasteiger charge is -2.33. The third kappa shape index (κ3) is 8.09. The van der Waals surface area contributed by atoms with Crippen LogP contribution in [0.2, 0.25) is 0 Å². The topological polar surface area (TPSA) is 72.9 Å². The van der Waals surface area contributed by atoms with Crippen LogP contribution >= 0.6 is 0 Å². The second-order valence-electron chi connectivity index (χ2n) is 8.38. The molecule has 1 aliphatic rings. The number of carbonyl (C=O) groups is 2. The molecule has 0 saturated heterocycles. The van der Waals surface area contributed by atoms with Crippen molar-refractivity contribution in [2.24, 2.45) is 0 Å². The minimum Gasteiger partial charge on any atom is -0.393 e. The van der Waals surface area contributed by atoms with Crippen LogP contribution in [-0.2, 0) is 11.0 Å². The average Bonchev–Trinajstić information content (AvgIpc) is 2.77. The Morgan fingerprint density at radius 2 is 1.78 bits per heavy atom. The van der Waals surface area contributed by atoms with Crippen LogP contribution < -0.4 is 5.32 Å². The zero-order chi connectivity index (χ0) is 23.7. The summed E-state index contributed by atoms with van der Waals surface area (Å²) in [6, 6.07) is 4.63. The first-order valence-electron chi connectivity index (χ1n) is 11.2. The summed E-state index contributed by atoms with van der Waals surface area (Å²) in [4.78, 5) is 28.6. The highest BCUT2D eigenvalue weighted by molar-refractivity contribution is 5.96. The SMILES string of the molecule is CCN(CCCCN(C)C1CCC(O)CC1)C(=O)CNC(=O)c1cccc(C(F)(F)F)c1. The molecule has 2 rings (SSSR count). The molecule has 0 spiro atoms. The molecule has 1 fully saturated rings. The maximum atomic E-state index is 12.8. The van der Waals surface area contributed by atoms with Crippen molar-refractivity contribution >= 4 is 11.8 Å². The normalized spacial score (nSPS) is 19.1. The van der Waals surface area contributed by atoms with Crippen LogP contribution in [-0.4, -0.2) is 72.1 Å². The van der Waals surface area contributed by atoms with Gasteiger partial charge in [0.25, 0.3) is 5.91 Å². The maximum Gasteiger partial charge on any atom is 0.416 e. The van der Waals surface area contributed by atoms with Crippen LogP contribution in [0.15, 0.2) is 24.3 Å². The van der Waals surface area contributed by atoms with E-state index in [1.54, 1.807) is 4.90 Å². The molecule has 1 aliphatic carbocycles. The minimum absolute atomic E-state index is 0.131. The molecule has 9 heteroatoms. The number of nitrogens with zero attached hydrogens (tertiary/aromatic N) is 2. The van der Waals surface area contributed by atoms with E-state index < -0.39 is 17.6 Å². The molecular formula is C23H34F3N3O3. The van der Waals surface area contributed by atoms with Gasteiger partial charge < -0.3 is 20.2 Å². The summed E-state index contributed by atoms with van der Waals surface area (Å²) in [7, 11) is 2.09. The molecule has 2 N–H and O–H groups in total. The lowest BCUT2D eigenvalue weighted by Crippen LogP contribution is -2.41. The van der Waals surface area contributed by atoms with Crippen LogP contribution in [0.3, 0.4) is 0 Å². The molecule has 1 saturated carbocycles. The Morgan fingerprint density at radius 3 is 2.41 bits per heavy atom. The molecule has 32 heavy (non-hydrogen) atoms. The largest absolute Gasteiger partial charge is 0.416 e. The zero-order valence-corrected chi connectivity index (χ0v) is 18.8. The van der Waals surface area contributed by atoms with Crippen molar-refractivity contribution in [3.8, 4) is 0 Å². The first-order valence-corrected chi connectivity index (χ1v) is 11.2. The number of nitrogens with one attached hydrogen (secondary N) is 1. The van der Waals surface area contributed by atoms with Crippen molar-refractivity contribution in [1.29, 1.82) is 0 Å². The van der Waals surface area contributed by atoms with Crippen LogP contribution in [0, 0.1) is 0 Å². The molecule has 0 radical (unpaired) electrons. The van der Waals surface area contributed by atoms with Crippen molar-refractivity contribution in [3.63, 3.8) is 0 Å². The molecule has 0 heterocycles. The fraction of sp³-hybridized carbons (Fsp3) is 0.652. The molecule has 0 bridgehead atoms. The van der Waals surface area contributed by atoms with Gasteiger partial charge in [-0.05, 0) is 77.2 Å². The average molecular weight is 458 g/mol. The highest BCUT2D eigenvalue weighted by Crippen LogP contribution is 2.29. The number of aliphatic hydroxyl groups excluding tert-OH is 1. The fourth-order valence-electron chi connectivity index (χ4n) is 4.01. The van der Waals surface area contributed by atoms with Gasteiger partial charge in [0.2, 0.25) is 5.91 Å². The molecule has 0 atom stereocenters. The molecule has 0 aromatic heterocycles. The summed E-state index contributed by atoms with van der Waals surface area (Å²) in [5.74, 6) is -0.970. The van der Waals surface area contributed by atoms with Gasteiger partial charge in [-0.1, -0.05) is 6.07 Å². The standard InChI is InChI=1S/C23H34F3N3O3/c1-3-29(14-5-4-13-28(2)19-9-11-20(30)12-10-19)21(31)16-27-22(32)17-7-6-8-18(15-17)23(24,25)26/h6-8,15,19-20,30H,3-5,9-14,16H2,1-2H3,(H,27,32). The molecule has 180 valence electrons. The summed E-state index contributed by atoms with van der Waals surface area (Å²) >= 11 is 0. The van der Waals surface area contributed by atoms with Gasteiger partial charge >= 0.3 is 6.18 Å². The van der Waals surface area contributed by atoms with E-state index in [2.05, 4.69) is 17.3 Å².